The Morgan fingerprint density at radius 3 is 2.74 bits per heavy atom. The highest BCUT2D eigenvalue weighted by atomic mass is 16.5. The summed E-state index contributed by atoms with van der Waals surface area (Å²) in [5.41, 5.74) is 1.28. The summed E-state index contributed by atoms with van der Waals surface area (Å²) in [6.07, 6.45) is 11.5. The van der Waals surface area contributed by atoms with Crippen LogP contribution in [0.2, 0.25) is 0 Å². The van der Waals surface area contributed by atoms with Crippen LogP contribution in [0.15, 0.2) is 36.4 Å². The minimum atomic E-state index is -0.0440. The fourth-order valence-electron chi connectivity index (χ4n) is 4.22. The third-order valence-corrected chi connectivity index (χ3v) is 5.75. The third kappa shape index (κ3) is 2.89. The number of likely N-dealkylation sites (tertiary alicyclic amines) is 1. The van der Waals surface area contributed by atoms with Crippen molar-refractivity contribution in [2.75, 3.05) is 13.1 Å². The summed E-state index contributed by atoms with van der Waals surface area (Å²) in [7, 11) is 0. The highest BCUT2D eigenvalue weighted by molar-refractivity contribution is 5.79. The van der Waals surface area contributed by atoms with E-state index < -0.39 is 0 Å². The minimum Gasteiger partial charge on any atom is -0.487 e. The number of allylic oxidation sites excluding steroid dienone is 2. The first-order valence-electron chi connectivity index (χ1n) is 8.97. The van der Waals surface area contributed by atoms with Crippen molar-refractivity contribution in [3.8, 4) is 5.75 Å². The smallest absolute Gasteiger partial charge is 0.226 e. The van der Waals surface area contributed by atoms with E-state index in [2.05, 4.69) is 35.3 Å². The molecule has 1 aromatic carbocycles. The van der Waals surface area contributed by atoms with Crippen LogP contribution < -0.4 is 4.74 Å². The Bertz CT molecular complexity index is 614. The number of benzene rings is 1. The van der Waals surface area contributed by atoms with E-state index >= 15 is 0 Å². The summed E-state index contributed by atoms with van der Waals surface area (Å²) >= 11 is 0. The van der Waals surface area contributed by atoms with Crippen LogP contribution in [-0.4, -0.2) is 29.5 Å². The molecule has 1 saturated heterocycles. The molecule has 2 heterocycles. The van der Waals surface area contributed by atoms with E-state index in [0.29, 0.717) is 5.91 Å². The Hall–Kier alpha value is -1.77. The highest BCUT2D eigenvalue weighted by Gasteiger charge is 2.41. The van der Waals surface area contributed by atoms with Gasteiger partial charge < -0.3 is 9.64 Å². The van der Waals surface area contributed by atoms with E-state index in [1.807, 2.05) is 6.07 Å². The van der Waals surface area contributed by atoms with E-state index in [1.54, 1.807) is 0 Å². The molecule has 0 saturated carbocycles. The van der Waals surface area contributed by atoms with Crippen LogP contribution in [0.25, 0.3) is 0 Å². The second-order valence-corrected chi connectivity index (χ2v) is 7.20. The average molecular weight is 311 g/mol. The number of fused-ring (bicyclic) bond motifs is 1. The number of nitrogens with zero attached hydrogens (tertiary/aromatic N) is 1. The molecule has 1 aromatic rings. The lowest BCUT2D eigenvalue weighted by atomic mass is 9.82. The highest BCUT2D eigenvalue weighted by Crippen LogP contribution is 2.39. The predicted octanol–water partition coefficient (Wildman–Crippen LogP) is 3.73. The topological polar surface area (TPSA) is 29.5 Å². The molecule has 0 N–H and O–H groups in total. The molecule has 23 heavy (non-hydrogen) atoms. The molecule has 3 aliphatic rings. The number of hydrogen-bond acceptors (Lipinski definition) is 2. The summed E-state index contributed by atoms with van der Waals surface area (Å²) in [4.78, 5) is 14.8. The maximum absolute atomic E-state index is 12.7. The molecule has 4 rings (SSSR count). The summed E-state index contributed by atoms with van der Waals surface area (Å²) in [5.74, 6) is 1.62. The van der Waals surface area contributed by atoms with Crippen molar-refractivity contribution in [1.82, 2.24) is 4.90 Å². The zero-order valence-corrected chi connectivity index (χ0v) is 13.7. The molecule has 1 fully saturated rings. The van der Waals surface area contributed by atoms with Gasteiger partial charge in [0.25, 0.3) is 0 Å². The van der Waals surface area contributed by atoms with Crippen LogP contribution in [0.1, 0.15) is 44.1 Å². The number of piperidine rings is 1. The number of rotatable bonds is 1. The monoisotopic (exact) mass is 311 g/mol. The number of aryl methyl sites for hydroxylation is 1. The van der Waals surface area contributed by atoms with Crippen LogP contribution in [0.4, 0.5) is 0 Å². The molecule has 1 unspecified atom stereocenters. The molecule has 2 aliphatic heterocycles. The maximum Gasteiger partial charge on any atom is 0.226 e. The SMILES string of the molecule is O=C(C1CC=CCC1)N1CCC2(CCc3ccccc3O2)CC1. The van der Waals surface area contributed by atoms with Gasteiger partial charge in [-0.3, -0.25) is 4.79 Å². The zero-order valence-electron chi connectivity index (χ0n) is 13.7. The fourth-order valence-corrected chi connectivity index (χ4v) is 4.22. The molecule has 3 heteroatoms. The molecule has 122 valence electrons. The number of amides is 1. The summed E-state index contributed by atoms with van der Waals surface area (Å²) < 4.78 is 6.38. The Balaban J connectivity index is 1.39. The Morgan fingerprint density at radius 2 is 1.96 bits per heavy atom. The van der Waals surface area contributed by atoms with E-state index in [9.17, 15) is 4.79 Å². The first-order valence-corrected chi connectivity index (χ1v) is 8.97. The van der Waals surface area contributed by atoms with Crippen molar-refractivity contribution in [1.29, 1.82) is 0 Å². The average Bonchev–Trinajstić information content (AvgIpc) is 2.62. The summed E-state index contributed by atoms with van der Waals surface area (Å²) in [6.45, 7) is 1.70. The Kier molecular flexibility index (Phi) is 3.88. The molecular weight excluding hydrogens is 286 g/mol. The minimum absolute atomic E-state index is 0.0440. The first-order chi connectivity index (χ1) is 11.3. The van der Waals surface area contributed by atoms with Crippen molar-refractivity contribution in [2.24, 2.45) is 5.92 Å². The van der Waals surface area contributed by atoms with Crippen molar-refractivity contribution >= 4 is 5.91 Å². The van der Waals surface area contributed by atoms with Gasteiger partial charge in [0.15, 0.2) is 0 Å². The molecular formula is C20H25NO2. The number of carbonyl (C=O) groups is 1. The van der Waals surface area contributed by atoms with Crippen molar-refractivity contribution in [3.05, 3.63) is 42.0 Å². The van der Waals surface area contributed by atoms with Gasteiger partial charge in [0.1, 0.15) is 11.4 Å². The molecule has 0 aromatic heterocycles. The van der Waals surface area contributed by atoms with Gasteiger partial charge in [-0.2, -0.15) is 0 Å². The molecule has 1 spiro atoms. The normalized spacial score (nSPS) is 25.7. The number of carbonyl (C=O) groups excluding carboxylic acids is 1. The van der Waals surface area contributed by atoms with Gasteiger partial charge in [-0.15, -0.1) is 0 Å². The second-order valence-electron chi connectivity index (χ2n) is 7.20. The van der Waals surface area contributed by atoms with E-state index in [0.717, 1.165) is 63.8 Å². The summed E-state index contributed by atoms with van der Waals surface area (Å²) in [6, 6.07) is 8.38. The lowest BCUT2D eigenvalue weighted by Crippen LogP contribution is -2.52. The van der Waals surface area contributed by atoms with E-state index in [1.165, 1.54) is 5.56 Å². The second kappa shape index (κ2) is 6.03. The van der Waals surface area contributed by atoms with Gasteiger partial charge in [0.2, 0.25) is 5.91 Å². The molecule has 3 nitrogen and oxygen atoms in total. The quantitative estimate of drug-likeness (QED) is 0.740. The van der Waals surface area contributed by atoms with Crippen LogP contribution in [-0.2, 0) is 11.2 Å². The zero-order chi connectivity index (χ0) is 15.7. The van der Waals surface area contributed by atoms with Gasteiger partial charge in [-0.1, -0.05) is 30.4 Å². The van der Waals surface area contributed by atoms with Crippen LogP contribution in [0.5, 0.6) is 5.75 Å². The largest absolute Gasteiger partial charge is 0.487 e. The predicted molar refractivity (Wildman–Crippen MR) is 90.4 cm³/mol. The van der Waals surface area contributed by atoms with Crippen LogP contribution in [0, 0.1) is 5.92 Å². The maximum atomic E-state index is 12.7. The van der Waals surface area contributed by atoms with Gasteiger partial charge >= 0.3 is 0 Å². The van der Waals surface area contributed by atoms with E-state index in [-0.39, 0.29) is 11.5 Å². The van der Waals surface area contributed by atoms with E-state index in [4.69, 9.17) is 4.74 Å². The van der Waals surface area contributed by atoms with Gasteiger partial charge in [-0.25, -0.2) is 0 Å². The standard InChI is InChI=1S/C20H25NO2/c22-19(17-7-2-1-3-8-17)21-14-12-20(13-15-21)11-10-16-6-4-5-9-18(16)23-20/h1-2,4-6,9,17H,3,7-8,10-15H2. The van der Waals surface area contributed by atoms with Crippen molar-refractivity contribution < 1.29 is 9.53 Å². The van der Waals surface area contributed by atoms with Crippen LogP contribution >= 0.6 is 0 Å². The number of hydrogen-bond donors (Lipinski definition) is 0. The molecule has 1 atom stereocenters. The Labute approximate surface area is 138 Å². The van der Waals surface area contributed by atoms with Gasteiger partial charge in [-0.05, 0) is 43.7 Å². The molecule has 1 aliphatic carbocycles. The molecule has 0 bridgehead atoms. The first kappa shape index (κ1) is 14.8. The molecule has 1 amide bonds. The van der Waals surface area contributed by atoms with Gasteiger partial charge in [0.05, 0.1) is 0 Å². The lowest BCUT2D eigenvalue weighted by molar-refractivity contribution is -0.139. The number of para-hydroxylation sites is 1. The fraction of sp³-hybridized carbons (Fsp3) is 0.550. The Morgan fingerprint density at radius 1 is 1.13 bits per heavy atom. The molecule has 0 radical (unpaired) electrons. The third-order valence-electron chi connectivity index (χ3n) is 5.75. The number of ether oxygens (including phenoxy) is 1. The van der Waals surface area contributed by atoms with Crippen molar-refractivity contribution in [2.45, 2.75) is 50.5 Å². The lowest BCUT2D eigenvalue weighted by Gasteiger charge is -2.45. The van der Waals surface area contributed by atoms with Gasteiger partial charge in [0, 0.05) is 31.8 Å². The van der Waals surface area contributed by atoms with Crippen LogP contribution in [0.3, 0.4) is 0 Å². The summed E-state index contributed by atoms with van der Waals surface area (Å²) in [5, 5.41) is 0. The van der Waals surface area contributed by atoms with Crippen molar-refractivity contribution in [3.63, 3.8) is 0 Å².